The van der Waals surface area contributed by atoms with Gasteiger partial charge in [-0.3, -0.25) is 9.59 Å². The molecule has 2 aliphatic carbocycles. The average Bonchev–Trinajstić information content (AvgIpc) is 3.29. The van der Waals surface area contributed by atoms with Gasteiger partial charge in [0, 0.05) is 17.6 Å². The van der Waals surface area contributed by atoms with E-state index in [9.17, 15) is 9.59 Å². The quantitative estimate of drug-likeness (QED) is 0.915. The van der Waals surface area contributed by atoms with Gasteiger partial charge in [0.2, 0.25) is 5.91 Å². The Morgan fingerprint density at radius 3 is 2.36 bits per heavy atom. The van der Waals surface area contributed by atoms with Crippen molar-refractivity contribution in [2.75, 3.05) is 0 Å². The molecule has 0 radical (unpaired) electrons. The molecule has 1 aliphatic heterocycles. The third kappa shape index (κ3) is 3.31. The van der Waals surface area contributed by atoms with Crippen molar-refractivity contribution < 1.29 is 9.59 Å². The summed E-state index contributed by atoms with van der Waals surface area (Å²) in [5.74, 6) is 0.591. The fourth-order valence-electron chi connectivity index (χ4n) is 5.08. The number of fused-ring (bicyclic) bond motifs is 1. The van der Waals surface area contributed by atoms with Gasteiger partial charge < -0.3 is 10.2 Å². The van der Waals surface area contributed by atoms with E-state index < -0.39 is 0 Å². The van der Waals surface area contributed by atoms with Gasteiger partial charge in [0.15, 0.2) is 0 Å². The molecule has 4 heteroatoms. The first-order chi connectivity index (χ1) is 12.2. The Kier molecular flexibility index (Phi) is 4.78. The fourth-order valence-corrected chi connectivity index (χ4v) is 5.08. The highest BCUT2D eigenvalue weighted by atomic mass is 16.2. The lowest BCUT2D eigenvalue weighted by Crippen LogP contribution is -2.51. The van der Waals surface area contributed by atoms with Gasteiger partial charge in [-0.05, 0) is 50.2 Å². The number of carbonyl (C=O) groups is 2. The summed E-state index contributed by atoms with van der Waals surface area (Å²) in [7, 11) is 0. The van der Waals surface area contributed by atoms with Crippen molar-refractivity contribution in [1.29, 1.82) is 0 Å². The smallest absolute Gasteiger partial charge is 0.254 e. The molecule has 4 rings (SSSR count). The molecule has 134 valence electrons. The minimum atomic E-state index is -0.290. The summed E-state index contributed by atoms with van der Waals surface area (Å²) >= 11 is 0. The van der Waals surface area contributed by atoms with Gasteiger partial charge in [0.05, 0.1) is 0 Å². The number of nitrogens with one attached hydrogen (secondary N) is 1. The van der Waals surface area contributed by atoms with Gasteiger partial charge in [-0.1, -0.05) is 43.9 Å². The molecule has 3 fully saturated rings. The second-order valence-corrected chi connectivity index (χ2v) is 7.93. The molecule has 2 amide bonds. The first-order valence-electron chi connectivity index (χ1n) is 9.92. The minimum absolute atomic E-state index is 0.0292. The summed E-state index contributed by atoms with van der Waals surface area (Å²) in [5.41, 5.74) is 0.701. The van der Waals surface area contributed by atoms with Crippen LogP contribution in [0.15, 0.2) is 30.3 Å². The van der Waals surface area contributed by atoms with Crippen LogP contribution < -0.4 is 5.32 Å². The van der Waals surface area contributed by atoms with Crippen molar-refractivity contribution >= 4 is 11.8 Å². The molecule has 0 spiro atoms. The van der Waals surface area contributed by atoms with Gasteiger partial charge in [0.25, 0.3) is 5.91 Å². The Morgan fingerprint density at radius 1 is 0.920 bits per heavy atom. The van der Waals surface area contributed by atoms with Crippen LogP contribution in [0.2, 0.25) is 0 Å². The van der Waals surface area contributed by atoms with Crippen molar-refractivity contribution in [3.8, 4) is 0 Å². The van der Waals surface area contributed by atoms with Crippen molar-refractivity contribution in [1.82, 2.24) is 10.2 Å². The Hall–Kier alpha value is -1.84. The largest absolute Gasteiger partial charge is 0.352 e. The van der Waals surface area contributed by atoms with E-state index in [1.165, 1.54) is 19.3 Å². The van der Waals surface area contributed by atoms with Crippen LogP contribution >= 0.6 is 0 Å². The van der Waals surface area contributed by atoms with E-state index in [0.717, 1.165) is 38.5 Å². The Bertz CT molecular complexity index is 624. The zero-order chi connectivity index (χ0) is 17.2. The lowest BCUT2D eigenvalue weighted by molar-refractivity contribution is -0.125. The van der Waals surface area contributed by atoms with Crippen molar-refractivity contribution in [3.63, 3.8) is 0 Å². The highest BCUT2D eigenvalue weighted by Gasteiger charge is 2.47. The van der Waals surface area contributed by atoms with E-state index in [0.29, 0.717) is 17.5 Å². The van der Waals surface area contributed by atoms with E-state index in [1.54, 1.807) is 0 Å². The predicted molar refractivity (Wildman–Crippen MR) is 97.2 cm³/mol. The molecule has 0 bridgehead atoms. The number of hydrogen-bond acceptors (Lipinski definition) is 2. The van der Waals surface area contributed by atoms with E-state index in [4.69, 9.17) is 0 Å². The SMILES string of the molecule is O=C(NC1CCCC1)C1CC2CCCCC2N1C(=O)c1ccccc1. The Morgan fingerprint density at radius 2 is 1.60 bits per heavy atom. The summed E-state index contributed by atoms with van der Waals surface area (Å²) < 4.78 is 0. The number of hydrogen-bond donors (Lipinski definition) is 1. The van der Waals surface area contributed by atoms with E-state index in [1.807, 2.05) is 35.2 Å². The summed E-state index contributed by atoms with van der Waals surface area (Å²) in [6.07, 6.45) is 9.98. The Balaban J connectivity index is 1.56. The number of carbonyl (C=O) groups excluding carboxylic acids is 2. The topological polar surface area (TPSA) is 49.4 Å². The monoisotopic (exact) mass is 340 g/mol. The maximum absolute atomic E-state index is 13.2. The molecular formula is C21H28N2O2. The van der Waals surface area contributed by atoms with Crippen LogP contribution in [0, 0.1) is 5.92 Å². The molecule has 4 nitrogen and oxygen atoms in total. The Labute approximate surface area is 150 Å². The van der Waals surface area contributed by atoms with Crippen LogP contribution in [0.4, 0.5) is 0 Å². The van der Waals surface area contributed by atoms with Gasteiger partial charge in [-0.2, -0.15) is 0 Å². The van der Waals surface area contributed by atoms with Gasteiger partial charge in [0.1, 0.15) is 6.04 Å². The van der Waals surface area contributed by atoms with E-state index >= 15 is 0 Å². The van der Waals surface area contributed by atoms with Gasteiger partial charge >= 0.3 is 0 Å². The molecule has 1 heterocycles. The first kappa shape index (κ1) is 16.6. The lowest BCUT2D eigenvalue weighted by Gasteiger charge is -2.34. The molecule has 1 aromatic rings. The lowest BCUT2D eigenvalue weighted by atomic mass is 9.84. The summed E-state index contributed by atoms with van der Waals surface area (Å²) in [5, 5.41) is 3.23. The number of benzene rings is 1. The minimum Gasteiger partial charge on any atom is -0.352 e. The van der Waals surface area contributed by atoms with Crippen LogP contribution in [0.3, 0.4) is 0 Å². The van der Waals surface area contributed by atoms with Crippen LogP contribution in [0.1, 0.15) is 68.1 Å². The van der Waals surface area contributed by atoms with Crippen molar-refractivity contribution in [3.05, 3.63) is 35.9 Å². The number of likely N-dealkylation sites (tertiary alicyclic amines) is 1. The highest BCUT2D eigenvalue weighted by molar-refractivity contribution is 5.98. The van der Waals surface area contributed by atoms with Crippen LogP contribution in [0.25, 0.3) is 0 Å². The molecule has 3 atom stereocenters. The van der Waals surface area contributed by atoms with E-state index in [2.05, 4.69) is 5.32 Å². The maximum atomic E-state index is 13.2. The number of nitrogens with zero attached hydrogens (tertiary/aromatic N) is 1. The number of rotatable bonds is 3. The molecule has 0 aromatic heterocycles. The predicted octanol–water partition coefficient (Wildman–Crippen LogP) is 3.52. The zero-order valence-corrected chi connectivity index (χ0v) is 14.8. The van der Waals surface area contributed by atoms with Crippen molar-refractivity contribution in [2.45, 2.75) is 75.9 Å². The maximum Gasteiger partial charge on any atom is 0.254 e. The molecule has 25 heavy (non-hydrogen) atoms. The summed E-state index contributed by atoms with van der Waals surface area (Å²) in [6.45, 7) is 0. The average molecular weight is 340 g/mol. The summed E-state index contributed by atoms with van der Waals surface area (Å²) in [4.78, 5) is 28.1. The fraction of sp³-hybridized carbons (Fsp3) is 0.619. The van der Waals surface area contributed by atoms with E-state index in [-0.39, 0.29) is 23.9 Å². The second-order valence-electron chi connectivity index (χ2n) is 7.93. The van der Waals surface area contributed by atoms with Crippen LogP contribution in [0.5, 0.6) is 0 Å². The molecule has 3 unspecified atom stereocenters. The molecule has 2 saturated carbocycles. The highest BCUT2D eigenvalue weighted by Crippen LogP contribution is 2.40. The van der Waals surface area contributed by atoms with Crippen LogP contribution in [-0.2, 0) is 4.79 Å². The third-order valence-electron chi connectivity index (χ3n) is 6.35. The van der Waals surface area contributed by atoms with Crippen molar-refractivity contribution in [2.24, 2.45) is 5.92 Å². The molecule has 3 aliphatic rings. The third-order valence-corrected chi connectivity index (χ3v) is 6.35. The summed E-state index contributed by atoms with van der Waals surface area (Å²) in [6, 6.07) is 9.71. The molecular weight excluding hydrogens is 312 g/mol. The van der Waals surface area contributed by atoms with Gasteiger partial charge in [-0.15, -0.1) is 0 Å². The molecule has 1 saturated heterocycles. The normalized spacial score (nSPS) is 29.4. The standard InChI is InChI=1S/C21H28N2O2/c24-20(22-17-11-5-6-12-17)19-14-16-10-4-7-13-18(16)23(19)21(25)15-8-2-1-3-9-15/h1-3,8-9,16-19H,4-7,10-14H2,(H,22,24). The van der Waals surface area contributed by atoms with Crippen LogP contribution in [-0.4, -0.2) is 34.8 Å². The first-order valence-corrected chi connectivity index (χ1v) is 9.92. The van der Waals surface area contributed by atoms with Gasteiger partial charge in [-0.25, -0.2) is 0 Å². The number of amides is 2. The second kappa shape index (κ2) is 7.19. The molecule has 1 N–H and O–H groups in total. The zero-order valence-electron chi connectivity index (χ0n) is 14.8. The molecule has 1 aromatic carbocycles.